The Morgan fingerprint density at radius 1 is 1.55 bits per heavy atom. The molecule has 3 rings (SSSR count). The summed E-state index contributed by atoms with van der Waals surface area (Å²) >= 11 is 0. The van der Waals surface area contributed by atoms with Crippen LogP contribution in [0.25, 0.3) is 16.5 Å². The largest absolute Gasteiger partial charge is 0.353 e. The molecular formula is C15H16FN3O. The average molecular weight is 273 g/mol. The van der Waals surface area contributed by atoms with Crippen molar-refractivity contribution in [3.8, 4) is 0 Å². The highest BCUT2D eigenvalue weighted by molar-refractivity contribution is 5.95. The molecule has 1 aromatic heterocycles. The highest BCUT2D eigenvalue weighted by Gasteiger charge is 2.23. The highest BCUT2D eigenvalue weighted by atomic mass is 19.1. The second kappa shape index (κ2) is 4.74. The quantitative estimate of drug-likeness (QED) is 0.911. The lowest BCUT2D eigenvalue weighted by Crippen LogP contribution is -2.19. The number of carbonyl (C=O) groups is 1. The summed E-state index contributed by atoms with van der Waals surface area (Å²) in [6.45, 7) is 1.96. The van der Waals surface area contributed by atoms with E-state index in [2.05, 4.69) is 10.4 Å². The van der Waals surface area contributed by atoms with Gasteiger partial charge in [0.05, 0.1) is 5.52 Å². The molecule has 0 saturated heterocycles. The number of nitrogens with zero attached hydrogens (tertiary/aromatic N) is 2. The molecule has 1 aliphatic rings. The van der Waals surface area contributed by atoms with Gasteiger partial charge in [0.1, 0.15) is 5.82 Å². The standard InChI is InChI=1S/C15H16FN3O/c1-9(20)17-6-5-10-3-4-11-13(16)7-14-12(15(10)11)8-19(2)18-14/h5,7-8H,3-4,6H2,1-2H3,(H,17,20)/b10-5+. The van der Waals surface area contributed by atoms with Crippen LogP contribution in [-0.4, -0.2) is 22.2 Å². The van der Waals surface area contributed by atoms with Crippen LogP contribution in [0.2, 0.25) is 0 Å². The summed E-state index contributed by atoms with van der Waals surface area (Å²) in [5.41, 5.74) is 3.49. The topological polar surface area (TPSA) is 46.9 Å². The van der Waals surface area contributed by atoms with Crippen LogP contribution in [0.1, 0.15) is 24.5 Å². The first-order valence-electron chi connectivity index (χ1n) is 6.65. The van der Waals surface area contributed by atoms with E-state index in [1.165, 1.54) is 13.0 Å². The minimum absolute atomic E-state index is 0.0640. The smallest absolute Gasteiger partial charge is 0.217 e. The molecule has 1 aliphatic carbocycles. The first-order valence-corrected chi connectivity index (χ1v) is 6.65. The van der Waals surface area contributed by atoms with Crippen LogP contribution >= 0.6 is 0 Å². The summed E-state index contributed by atoms with van der Waals surface area (Å²) in [5, 5.41) is 8.00. The summed E-state index contributed by atoms with van der Waals surface area (Å²) in [7, 11) is 1.83. The molecule has 1 amide bonds. The van der Waals surface area contributed by atoms with E-state index in [9.17, 15) is 9.18 Å². The molecule has 2 aromatic rings. The fourth-order valence-electron chi connectivity index (χ4n) is 2.81. The van der Waals surface area contributed by atoms with E-state index >= 15 is 0 Å². The predicted molar refractivity (Wildman–Crippen MR) is 75.7 cm³/mol. The van der Waals surface area contributed by atoms with Crippen molar-refractivity contribution in [2.45, 2.75) is 19.8 Å². The van der Waals surface area contributed by atoms with Crippen molar-refractivity contribution >= 4 is 22.4 Å². The molecule has 0 bridgehead atoms. The molecule has 0 unspecified atom stereocenters. The Bertz CT molecular complexity index is 730. The molecule has 1 heterocycles. The molecule has 104 valence electrons. The van der Waals surface area contributed by atoms with Crippen LogP contribution < -0.4 is 5.32 Å². The van der Waals surface area contributed by atoms with Crippen molar-refractivity contribution in [1.82, 2.24) is 15.1 Å². The van der Waals surface area contributed by atoms with E-state index in [0.717, 1.165) is 28.5 Å². The van der Waals surface area contributed by atoms with Crippen molar-refractivity contribution in [1.29, 1.82) is 0 Å². The van der Waals surface area contributed by atoms with Gasteiger partial charge in [0.25, 0.3) is 0 Å². The Hall–Kier alpha value is -2.17. The third kappa shape index (κ3) is 2.09. The van der Waals surface area contributed by atoms with Crippen LogP contribution in [0.5, 0.6) is 0 Å². The molecule has 1 aromatic carbocycles. The molecule has 0 fully saturated rings. The second-order valence-corrected chi connectivity index (χ2v) is 5.11. The maximum Gasteiger partial charge on any atom is 0.217 e. The zero-order chi connectivity index (χ0) is 14.3. The van der Waals surface area contributed by atoms with Crippen LogP contribution in [-0.2, 0) is 18.3 Å². The molecular weight excluding hydrogens is 257 g/mol. The molecule has 1 N–H and O–H groups in total. The van der Waals surface area contributed by atoms with Crippen molar-refractivity contribution in [3.63, 3.8) is 0 Å². The lowest BCUT2D eigenvalue weighted by Gasteiger charge is -2.05. The van der Waals surface area contributed by atoms with Gasteiger partial charge in [0.15, 0.2) is 0 Å². The average Bonchev–Trinajstić information content (AvgIpc) is 2.92. The van der Waals surface area contributed by atoms with Crippen molar-refractivity contribution in [2.75, 3.05) is 6.54 Å². The number of allylic oxidation sites excluding steroid dienone is 1. The summed E-state index contributed by atoms with van der Waals surface area (Å²) in [6, 6.07) is 1.50. The monoisotopic (exact) mass is 273 g/mol. The number of amides is 1. The van der Waals surface area contributed by atoms with E-state index in [-0.39, 0.29) is 11.7 Å². The first-order chi connectivity index (χ1) is 9.56. The summed E-state index contributed by atoms with van der Waals surface area (Å²) in [6.07, 6.45) is 5.40. The van der Waals surface area contributed by atoms with Gasteiger partial charge in [-0.15, -0.1) is 0 Å². The Morgan fingerprint density at radius 2 is 2.35 bits per heavy atom. The van der Waals surface area contributed by atoms with Crippen molar-refractivity contribution in [2.24, 2.45) is 7.05 Å². The Balaban J connectivity index is 2.08. The number of benzene rings is 1. The van der Waals surface area contributed by atoms with Crippen LogP contribution in [0.3, 0.4) is 0 Å². The van der Waals surface area contributed by atoms with Gasteiger partial charge in [-0.3, -0.25) is 9.48 Å². The predicted octanol–water partition coefficient (Wildman–Crippen LogP) is 2.18. The number of nitrogens with one attached hydrogen (secondary N) is 1. The molecule has 0 aliphatic heterocycles. The molecule has 0 atom stereocenters. The number of carbonyl (C=O) groups excluding carboxylic acids is 1. The van der Waals surface area contributed by atoms with Crippen LogP contribution in [0, 0.1) is 5.82 Å². The van der Waals surface area contributed by atoms with Gasteiger partial charge >= 0.3 is 0 Å². The Labute approximate surface area is 116 Å². The number of halogens is 1. The summed E-state index contributed by atoms with van der Waals surface area (Å²) in [5.74, 6) is -0.250. The van der Waals surface area contributed by atoms with Crippen LogP contribution in [0.15, 0.2) is 18.3 Å². The van der Waals surface area contributed by atoms with E-state index in [0.29, 0.717) is 18.5 Å². The SMILES string of the molecule is CC(=O)NC/C=C1\CCc2c(F)cc3nn(C)cc3c21. The van der Waals surface area contributed by atoms with Gasteiger partial charge in [-0.2, -0.15) is 5.10 Å². The molecule has 0 spiro atoms. The van der Waals surface area contributed by atoms with Gasteiger partial charge in [-0.1, -0.05) is 6.08 Å². The highest BCUT2D eigenvalue weighted by Crippen LogP contribution is 2.38. The second-order valence-electron chi connectivity index (χ2n) is 5.11. The molecule has 0 saturated carbocycles. The Kier molecular flexibility index (Phi) is 3.04. The molecule has 5 heteroatoms. The van der Waals surface area contributed by atoms with Crippen molar-refractivity contribution in [3.05, 3.63) is 35.3 Å². The number of hydrogen-bond acceptors (Lipinski definition) is 2. The van der Waals surface area contributed by atoms with E-state index < -0.39 is 0 Å². The van der Waals surface area contributed by atoms with E-state index in [1.54, 1.807) is 4.68 Å². The number of hydrogen-bond donors (Lipinski definition) is 1. The van der Waals surface area contributed by atoms with Crippen molar-refractivity contribution < 1.29 is 9.18 Å². The number of rotatable bonds is 2. The van der Waals surface area contributed by atoms with Gasteiger partial charge in [-0.25, -0.2) is 4.39 Å². The summed E-state index contributed by atoms with van der Waals surface area (Å²) in [4.78, 5) is 10.9. The lowest BCUT2D eigenvalue weighted by atomic mass is 10.0. The first kappa shape index (κ1) is 12.8. The van der Waals surface area contributed by atoms with Gasteiger partial charge in [0, 0.05) is 38.2 Å². The summed E-state index contributed by atoms with van der Waals surface area (Å²) < 4.78 is 15.8. The number of aromatic nitrogens is 2. The van der Waals surface area contributed by atoms with E-state index in [4.69, 9.17) is 0 Å². The van der Waals surface area contributed by atoms with Gasteiger partial charge in [-0.05, 0) is 29.5 Å². The third-order valence-corrected chi connectivity index (χ3v) is 3.65. The molecule has 4 nitrogen and oxygen atoms in total. The maximum absolute atomic E-state index is 14.1. The van der Waals surface area contributed by atoms with Gasteiger partial charge in [0.2, 0.25) is 5.91 Å². The van der Waals surface area contributed by atoms with Gasteiger partial charge < -0.3 is 5.32 Å². The van der Waals surface area contributed by atoms with Crippen LogP contribution in [0.4, 0.5) is 4.39 Å². The lowest BCUT2D eigenvalue weighted by molar-refractivity contribution is -0.118. The minimum Gasteiger partial charge on any atom is -0.353 e. The minimum atomic E-state index is -0.186. The zero-order valence-electron chi connectivity index (χ0n) is 11.5. The number of fused-ring (bicyclic) bond motifs is 3. The fraction of sp³-hybridized carbons (Fsp3) is 0.333. The Morgan fingerprint density at radius 3 is 3.10 bits per heavy atom. The molecule has 0 radical (unpaired) electrons. The van der Waals surface area contributed by atoms with E-state index in [1.807, 2.05) is 19.3 Å². The third-order valence-electron chi connectivity index (χ3n) is 3.65. The molecule has 20 heavy (non-hydrogen) atoms. The number of aryl methyl sites for hydroxylation is 1. The zero-order valence-corrected chi connectivity index (χ0v) is 11.5. The fourth-order valence-corrected chi connectivity index (χ4v) is 2.81. The maximum atomic E-state index is 14.1. The normalized spacial score (nSPS) is 15.8.